The second-order valence-corrected chi connectivity index (χ2v) is 4.38. The summed E-state index contributed by atoms with van der Waals surface area (Å²) in [6.07, 6.45) is -1.28. The minimum atomic E-state index is -2.69. The molecule has 2 atom stereocenters. The van der Waals surface area contributed by atoms with E-state index in [1.807, 2.05) is 0 Å². The van der Waals surface area contributed by atoms with Crippen molar-refractivity contribution in [1.29, 1.82) is 0 Å². The SMILES string of the molecule is O=C(O)[C@H]1CCC[C@H]1C(=O)N(CCO)CC(F)F. The molecule has 0 saturated heterocycles. The Hall–Kier alpha value is -1.24. The normalized spacial score (nSPS) is 23.3. The molecule has 1 rings (SSSR count). The number of carboxylic acids is 1. The molecule has 1 aliphatic carbocycles. The third-order valence-corrected chi connectivity index (χ3v) is 3.19. The maximum atomic E-state index is 12.3. The van der Waals surface area contributed by atoms with Gasteiger partial charge in [0.15, 0.2) is 0 Å². The van der Waals surface area contributed by atoms with Crippen LogP contribution in [0.25, 0.3) is 0 Å². The van der Waals surface area contributed by atoms with Gasteiger partial charge in [0.25, 0.3) is 6.43 Å². The summed E-state index contributed by atoms with van der Waals surface area (Å²) >= 11 is 0. The topological polar surface area (TPSA) is 77.8 Å². The molecule has 0 aliphatic heterocycles. The number of hydrogen-bond donors (Lipinski definition) is 2. The highest BCUT2D eigenvalue weighted by Crippen LogP contribution is 2.33. The van der Waals surface area contributed by atoms with Crippen LogP contribution < -0.4 is 0 Å². The van der Waals surface area contributed by atoms with Gasteiger partial charge in [-0.1, -0.05) is 6.42 Å². The molecule has 0 heterocycles. The van der Waals surface area contributed by atoms with Gasteiger partial charge in [-0.3, -0.25) is 9.59 Å². The van der Waals surface area contributed by atoms with E-state index in [0.717, 1.165) is 4.90 Å². The number of hydrogen-bond acceptors (Lipinski definition) is 3. The molecule has 2 N–H and O–H groups in total. The molecule has 1 saturated carbocycles. The average Bonchev–Trinajstić information content (AvgIpc) is 2.75. The molecule has 0 radical (unpaired) electrons. The summed E-state index contributed by atoms with van der Waals surface area (Å²) in [4.78, 5) is 23.8. The summed E-state index contributed by atoms with van der Waals surface area (Å²) in [6.45, 7) is -1.36. The van der Waals surface area contributed by atoms with E-state index in [1.54, 1.807) is 0 Å². The van der Waals surface area contributed by atoms with E-state index >= 15 is 0 Å². The molecule has 0 spiro atoms. The minimum Gasteiger partial charge on any atom is -0.481 e. The predicted molar refractivity (Wildman–Crippen MR) is 58.1 cm³/mol. The first-order valence-corrected chi connectivity index (χ1v) is 5.88. The molecular formula is C11H17F2NO4. The standard InChI is InChI=1S/C11H17F2NO4/c12-9(13)6-14(4-5-15)10(16)7-2-1-3-8(7)11(17)18/h7-9,15H,1-6H2,(H,17,18)/t7-,8+/m1/s1. The van der Waals surface area contributed by atoms with Crippen molar-refractivity contribution in [3.8, 4) is 0 Å². The lowest BCUT2D eigenvalue weighted by atomic mass is 9.94. The van der Waals surface area contributed by atoms with Crippen molar-refractivity contribution in [2.75, 3.05) is 19.7 Å². The smallest absolute Gasteiger partial charge is 0.307 e. The number of alkyl halides is 2. The summed E-state index contributed by atoms with van der Waals surface area (Å²) < 4.78 is 24.6. The van der Waals surface area contributed by atoms with E-state index in [-0.39, 0.29) is 6.54 Å². The van der Waals surface area contributed by atoms with Gasteiger partial charge < -0.3 is 15.1 Å². The largest absolute Gasteiger partial charge is 0.481 e. The van der Waals surface area contributed by atoms with Crippen LogP contribution in [-0.2, 0) is 9.59 Å². The minimum absolute atomic E-state index is 0.188. The zero-order valence-electron chi connectivity index (χ0n) is 9.89. The van der Waals surface area contributed by atoms with Crippen LogP contribution in [0.3, 0.4) is 0 Å². The van der Waals surface area contributed by atoms with Crippen molar-refractivity contribution >= 4 is 11.9 Å². The van der Waals surface area contributed by atoms with Crippen LogP contribution in [0, 0.1) is 11.8 Å². The van der Waals surface area contributed by atoms with Crippen LogP contribution in [0.2, 0.25) is 0 Å². The van der Waals surface area contributed by atoms with Gasteiger partial charge in [0.1, 0.15) is 0 Å². The van der Waals surface area contributed by atoms with Gasteiger partial charge in [-0.05, 0) is 12.8 Å². The van der Waals surface area contributed by atoms with Crippen molar-refractivity contribution in [3.63, 3.8) is 0 Å². The number of rotatable bonds is 6. The molecule has 18 heavy (non-hydrogen) atoms. The number of carboxylic acid groups (broad SMARTS) is 1. The second-order valence-electron chi connectivity index (χ2n) is 4.38. The van der Waals surface area contributed by atoms with E-state index in [1.165, 1.54) is 0 Å². The molecule has 5 nitrogen and oxygen atoms in total. The van der Waals surface area contributed by atoms with Gasteiger partial charge in [-0.25, -0.2) is 8.78 Å². The highest BCUT2D eigenvalue weighted by Gasteiger charge is 2.39. The Bertz CT molecular complexity index is 311. The third-order valence-electron chi connectivity index (χ3n) is 3.19. The van der Waals surface area contributed by atoms with Crippen molar-refractivity contribution in [2.45, 2.75) is 25.7 Å². The molecule has 1 amide bonds. The van der Waals surface area contributed by atoms with Crippen molar-refractivity contribution in [1.82, 2.24) is 4.90 Å². The second kappa shape index (κ2) is 6.63. The molecule has 104 valence electrons. The number of carbonyl (C=O) groups is 2. The number of aliphatic hydroxyl groups excluding tert-OH is 1. The number of nitrogens with zero attached hydrogens (tertiary/aromatic N) is 1. The number of aliphatic hydroxyl groups is 1. The van der Waals surface area contributed by atoms with Crippen LogP contribution in [-0.4, -0.2) is 53.1 Å². The Labute approximate surface area is 103 Å². The summed E-state index contributed by atoms with van der Waals surface area (Å²) in [6, 6.07) is 0. The van der Waals surface area contributed by atoms with E-state index in [0.29, 0.717) is 19.3 Å². The monoisotopic (exact) mass is 265 g/mol. The molecule has 7 heteroatoms. The first kappa shape index (κ1) is 14.8. The fraction of sp³-hybridized carbons (Fsp3) is 0.818. The van der Waals surface area contributed by atoms with Crippen LogP contribution in [0.5, 0.6) is 0 Å². The third kappa shape index (κ3) is 3.63. The molecule has 1 fully saturated rings. The lowest BCUT2D eigenvalue weighted by Crippen LogP contribution is -2.43. The summed E-state index contributed by atoms with van der Waals surface area (Å²) in [7, 11) is 0. The van der Waals surface area contributed by atoms with E-state index in [2.05, 4.69) is 0 Å². The first-order chi connectivity index (χ1) is 8.47. The zero-order valence-corrected chi connectivity index (χ0v) is 9.89. The average molecular weight is 265 g/mol. The fourth-order valence-corrected chi connectivity index (χ4v) is 2.36. The molecule has 1 aliphatic rings. The van der Waals surface area contributed by atoms with Crippen LogP contribution >= 0.6 is 0 Å². The number of carbonyl (C=O) groups excluding carboxylic acids is 1. The van der Waals surface area contributed by atoms with Crippen molar-refractivity contribution < 1.29 is 28.6 Å². The van der Waals surface area contributed by atoms with Gasteiger partial charge >= 0.3 is 5.97 Å². The van der Waals surface area contributed by atoms with Crippen molar-refractivity contribution in [2.24, 2.45) is 11.8 Å². The molecule has 0 aromatic rings. The maximum absolute atomic E-state index is 12.3. The molecule has 0 unspecified atom stereocenters. The van der Waals surface area contributed by atoms with E-state index in [9.17, 15) is 18.4 Å². The lowest BCUT2D eigenvalue weighted by molar-refractivity contribution is -0.150. The number of amides is 1. The quantitative estimate of drug-likeness (QED) is 0.736. The van der Waals surface area contributed by atoms with Crippen LogP contribution in [0.15, 0.2) is 0 Å². The fourth-order valence-electron chi connectivity index (χ4n) is 2.36. The van der Waals surface area contributed by atoms with E-state index in [4.69, 9.17) is 10.2 Å². The van der Waals surface area contributed by atoms with Crippen LogP contribution in [0.1, 0.15) is 19.3 Å². The van der Waals surface area contributed by atoms with Gasteiger partial charge in [0.2, 0.25) is 5.91 Å². The highest BCUT2D eigenvalue weighted by molar-refractivity contribution is 5.85. The van der Waals surface area contributed by atoms with Crippen molar-refractivity contribution in [3.05, 3.63) is 0 Å². The Kier molecular flexibility index (Phi) is 5.46. The summed E-state index contributed by atoms with van der Waals surface area (Å²) in [5, 5.41) is 17.7. The predicted octanol–water partition coefficient (Wildman–Crippen LogP) is 0.573. The number of aliphatic carboxylic acids is 1. The zero-order chi connectivity index (χ0) is 13.7. The number of halogens is 2. The molecule has 0 aromatic carbocycles. The Morgan fingerprint density at radius 2 is 1.89 bits per heavy atom. The summed E-state index contributed by atoms with van der Waals surface area (Å²) in [5.74, 6) is -3.19. The summed E-state index contributed by atoms with van der Waals surface area (Å²) in [5.41, 5.74) is 0. The highest BCUT2D eigenvalue weighted by atomic mass is 19.3. The van der Waals surface area contributed by atoms with Gasteiger partial charge in [0.05, 0.1) is 25.0 Å². The Balaban J connectivity index is 2.72. The van der Waals surface area contributed by atoms with E-state index < -0.39 is 43.3 Å². The maximum Gasteiger partial charge on any atom is 0.307 e. The lowest BCUT2D eigenvalue weighted by Gasteiger charge is -2.26. The molecule has 0 bridgehead atoms. The molecule has 0 aromatic heterocycles. The Morgan fingerprint density at radius 3 is 2.39 bits per heavy atom. The molecular weight excluding hydrogens is 248 g/mol. The Morgan fingerprint density at radius 1 is 1.28 bits per heavy atom. The van der Waals surface area contributed by atoms with Gasteiger partial charge in [-0.15, -0.1) is 0 Å². The first-order valence-electron chi connectivity index (χ1n) is 5.88. The van der Waals surface area contributed by atoms with Gasteiger partial charge in [-0.2, -0.15) is 0 Å². The van der Waals surface area contributed by atoms with Gasteiger partial charge in [0, 0.05) is 6.54 Å². The van der Waals surface area contributed by atoms with Crippen LogP contribution in [0.4, 0.5) is 8.78 Å².